The highest BCUT2D eigenvalue weighted by Crippen LogP contribution is 2.23. The first-order valence-electron chi connectivity index (χ1n) is 7.44. The number of amides is 2. The van der Waals surface area contributed by atoms with Crippen LogP contribution in [0.1, 0.15) is 23.4 Å². The Balaban J connectivity index is 1.90. The lowest BCUT2D eigenvalue weighted by Crippen LogP contribution is -2.42. The summed E-state index contributed by atoms with van der Waals surface area (Å²) in [5.41, 5.74) is 0.392. The molecule has 2 heterocycles. The summed E-state index contributed by atoms with van der Waals surface area (Å²) >= 11 is 0. The van der Waals surface area contributed by atoms with Crippen LogP contribution >= 0.6 is 0 Å². The highest BCUT2D eigenvalue weighted by Gasteiger charge is 2.27. The largest absolute Gasteiger partial charge is 0.459 e. The molecule has 0 atom stereocenters. The van der Waals surface area contributed by atoms with Gasteiger partial charge in [-0.15, -0.1) is 0 Å². The van der Waals surface area contributed by atoms with Gasteiger partial charge in [-0.1, -0.05) is 0 Å². The van der Waals surface area contributed by atoms with Crippen molar-refractivity contribution < 1.29 is 18.9 Å². The fourth-order valence-corrected chi connectivity index (χ4v) is 2.57. The second-order valence-electron chi connectivity index (χ2n) is 5.39. The summed E-state index contributed by atoms with van der Waals surface area (Å²) in [4.78, 5) is 37.8. The number of non-ortho nitro benzene ring substituents is 1. The quantitative estimate of drug-likeness (QED) is 0.620. The van der Waals surface area contributed by atoms with Crippen molar-refractivity contribution in [2.75, 3.05) is 18.1 Å². The lowest BCUT2D eigenvalue weighted by Gasteiger charge is -2.27. The van der Waals surface area contributed by atoms with E-state index in [9.17, 15) is 19.7 Å². The van der Waals surface area contributed by atoms with Gasteiger partial charge in [0.1, 0.15) is 6.67 Å². The molecule has 0 N–H and O–H groups in total. The monoisotopic (exact) mass is 329 g/mol. The summed E-state index contributed by atoms with van der Waals surface area (Å²) in [5, 5.41) is 10.8. The van der Waals surface area contributed by atoms with Crippen LogP contribution in [0.4, 0.5) is 11.4 Å². The van der Waals surface area contributed by atoms with Gasteiger partial charge in [0.2, 0.25) is 5.91 Å². The predicted octanol–water partition coefficient (Wildman–Crippen LogP) is 2.41. The average Bonchev–Trinajstić information content (AvgIpc) is 3.24. The van der Waals surface area contributed by atoms with Gasteiger partial charge in [0.25, 0.3) is 11.6 Å². The summed E-state index contributed by atoms with van der Waals surface area (Å²) in [7, 11) is 0. The fraction of sp³-hybridized carbons (Fsp3) is 0.250. The van der Waals surface area contributed by atoms with Gasteiger partial charge in [0.15, 0.2) is 5.76 Å². The van der Waals surface area contributed by atoms with E-state index in [0.717, 1.165) is 6.42 Å². The van der Waals surface area contributed by atoms with Gasteiger partial charge in [0.05, 0.1) is 11.2 Å². The van der Waals surface area contributed by atoms with Crippen LogP contribution in [0, 0.1) is 10.1 Å². The second kappa shape index (κ2) is 6.53. The van der Waals surface area contributed by atoms with Gasteiger partial charge in [0, 0.05) is 30.8 Å². The number of nitro groups is 1. The van der Waals surface area contributed by atoms with Crippen molar-refractivity contribution in [2.24, 2.45) is 0 Å². The molecule has 124 valence electrons. The van der Waals surface area contributed by atoms with Crippen LogP contribution in [0.5, 0.6) is 0 Å². The molecule has 0 bridgehead atoms. The molecule has 0 radical (unpaired) electrons. The zero-order valence-electron chi connectivity index (χ0n) is 12.8. The zero-order chi connectivity index (χ0) is 17.1. The van der Waals surface area contributed by atoms with Crippen molar-refractivity contribution in [3.8, 4) is 0 Å². The first kappa shape index (κ1) is 15.7. The van der Waals surface area contributed by atoms with Gasteiger partial charge in [-0.3, -0.25) is 24.6 Å². The van der Waals surface area contributed by atoms with Crippen LogP contribution in [0.25, 0.3) is 0 Å². The standard InChI is InChI=1S/C16H15N3O5/c20-15-4-1-9-17(15)11-18(16(21)14-3-2-10-24-14)12-5-7-13(8-6-12)19(22)23/h2-3,5-8,10H,1,4,9,11H2. The number of hydrogen-bond donors (Lipinski definition) is 0. The fourth-order valence-electron chi connectivity index (χ4n) is 2.57. The molecule has 1 aliphatic heterocycles. The number of hydrogen-bond acceptors (Lipinski definition) is 5. The Morgan fingerprint density at radius 1 is 1.29 bits per heavy atom. The minimum Gasteiger partial charge on any atom is -0.459 e. The number of anilines is 1. The Kier molecular flexibility index (Phi) is 4.28. The molecule has 8 nitrogen and oxygen atoms in total. The predicted molar refractivity (Wildman–Crippen MR) is 84.4 cm³/mol. The normalized spacial score (nSPS) is 14.0. The Bertz CT molecular complexity index is 755. The van der Waals surface area contributed by atoms with E-state index >= 15 is 0 Å². The van der Waals surface area contributed by atoms with Crippen molar-refractivity contribution in [1.29, 1.82) is 0 Å². The van der Waals surface area contributed by atoms with E-state index in [1.807, 2.05) is 0 Å². The number of carbonyl (C=O) groups excluding carboxylic acids is 2. The van der Waals surface area contributed by atoms with E-state index in [1.54, 1.807) is 11.0 Å². The van der Waals surface area contributed by atoms with Gasteiger partial charge in [-0.2, -0.15) is 0 Å². The van der Waals surface area contributed by atoms with Crippen molar-refractivity contribution >= 4 is 23.2 Å². The SMILES string of the molecule is O=C1CCCN1CN(C(=O)c1ccco1)c1ccc([N+](=O)[O-])cc1. The lowest BCUT2D eigenvalue weighted by molar-refractivity contribution is -0.384. The number of nitro benzene ring substituents is 1. The molecule has 1 saturated heterocycles. The number of furan rings is 1. The van der Waals surface area contributed by atoms with Crippen molar-refractivity contribution in [2.45, 2.75) is 12.8 Å². The second-order valence-corrected chi connectivity index (χ2v) is 5.39. The van der Waals surface area contributed by atoms with E-state index in [1.165, 1.54) is 41.5 Å². The molecule has 0 spiro atoms. The van der Waals surface area contributed by atoms with E-state index in [-0.39, 0.29) is 24.0 Å². The first-order valence-corrected chi connectivity index (χ1v) is 7.44. The highest BCUT2D eigenvalue weighted by atomic mass is 16.6. The minimum atomic E-state index is -0.507. The summed E-state index contributed by atoms with van der Waals surface area (Å²) in [6.45, 7) is 0.657. The molecule has 8 heteroatoms. The molecular formula is C16H15N3O5. The molecule has 1 aliphatic rings. The Labute approximate surface area is 137 Å². The molecule has 0 saturated carbocycles. The topological polar surface area (TPSA) is 96.9 Å². The van der Waals surface area contributed by atoms with Gasteiger partial charge in [-0.05, 0) is 30.7 Å². The minimum absolute atomic E-state index is 0.0193. The zero-order valence-corrected chi connectivity index (χ0v) is 12.8. The number of carbonyl (C=O) groups is 2. The van der Waals surface area contributed by atoms with Gasteiger partial charge >= 0.3 is 0 Å². The Morgan fingerprint density at radius 3 is 2.58 bits per heavy atom. The Morgan fingerprint density at radius 2 is 2.04 bits per heavy atom. The third kappa shape index (κ3) is 3.12. The maximum absolute atomic E-state index is 12.7. The number of rotatable bonds is 5. The van der Waals surface area contributed by atoms with Crippen molar-refractivity contribution in [3.05, 3.63) is 58.5 Å². The van der Waals surface area contributed by atoms with E-state index in [4.69, 9.17) is 4.42 Å². The maximum Gasteiger partial charge on any atom is 0.295 e. The molecule has 0 unspecified atom stereocenters. The third-order valence-electron chi connectivity index (χ3n) is 3.83. The van der Waals surface area contributed by atoms with Crippen molar-refractivity contribution in [1.82, 2.24) is 4.90 Å². The van der Waals surface area contributed by atoms with E-state index < -0.39 is 10.8 Å². The van der Waals surface area contributed by atoms with E-state index in [0.29, 0.717) is 18.7 Å². The first-order chi connectivity index (χ1) is 11.6. The van der Waals surface area contributed by atoms with Gasteiger partial charge < -0.3 is 9.32 Å². The summed E-state index contributed by atoms with van der Waals surface area (Å²) in [6.07, 6.45) is 2.60. The van der Waals surface area contributed by atoms with Crippen LogP contribution in [-0.2, 0) is 4.79 Å². The molecule has 1 aromatic carbocycles. The summed E-state index contributed by atoms with van der Waals surface area (Å²) < 4.78 is 5.15. The molecule has 2 aromatic rings. The van der Waals surface area contributed by atoms with Crippen LogP contribution in [0.15, 0.2) is 47.1 Å². The molecule has 24 heavy (non-hydrogen) atoms. The molecule has 1 aromatic heterocycles. The molecule has 1 fully saturated rings. The summed E-state index contributed by atoms with van der Waals surface area (Å²) in [6, 6.07) is 8.75. The summed E-state index contributed by atoms with van der Waals surface area (Å²) in [5.74, 6) is -0.289. The van der Waals surface area contributed by atoms with E-state index in [2.05, 4.69) is 0 Å². The van der Waals surface area contributed by atoms with Crippen LogP contribution < -0.4 is 4.90 Å². The Hall–Kier alpha value is -3.16. The average molecular weight is 329 g/mol. The number of likely N-dealkylation sites (tertiary alicyclic amines) is 1. The maximum atomic E-state index is 12.7. The molecule has 0 aliphatic carbocycles. The smallest absolute Gasteiger partial charge is 0.295 e. The number of nitrogens with zero attached hydrogens (tertiary/aromatic N) is 3. The number of benzene rings is 1. The highest BCUT2D eigenvalue weighted by molar-refractivity contribution is 6.04. The molecule has 3 rings (SSSR count). The third-order valence-corrected chi connectivity index (χ3v) is 3.83. The molecular weight excluding hydrogens is 314 g/mol. The van der Waals surface area contributed by atoms with Crippen LogP contribution in [0.2, 0.25) is 0 Å². The van der Waals surface area contributed by atoms with Crippen LogP contribution in [0.3, 0.4) is 0 Å². The molecule has 2 amide bonds. The lowest BCUT2D eigenvalue weighted by atomic mass is 10.2. The van der Waals surface area contributed by atoms with Gasteiger partial charge in [-0.25, -0.2) is 0 Å². The van der Waals surface area contributed by atoms with Crippen molar-refractivity contribution in [3.63, 3.8) is 0 Å². The van der Waals surface area contributed by atoms with Crippen LogP contribution in [-0.4, -0.2) is 34.9 Å².